The topological polar surface area (TPSA) is 84.5 Å². The number of hydrogen-bond acceptors (Lipinski definition) is 4. The van der Waals surface area contributed by atoms with Gasteiger partial charge in [-0.25, -0.2) is 0 Å². The number of benzene rings is 1. The summed E-state index contributed by atoms with van der Waals surface area (Å²) in [4.78, 5) is 34.8. The second-order valence-corrected chi connectivity index (χ2v) is 4.89. The summed E-state index contributed by atoms with van der Waals surface area (Å²) in [5.74, 6) is -1.12. The third kappa shape index (κ3) is 5.95. The Morgan fingerprint density at radius 2 is 1.82 bits per heavy atom. The third-order valence-electron chi connectivity index (χ3n) is 2.98. The molecule has 0 aliphatic rings. The first-order valence-corrected chi connectivity index (χ1v) is 7.23. The van der Waals surface area contributed by atoms with Crippen molar-refractivity contribution < 1.29 is 19.1 Å². The Kier molecular flexibility index (Phi) is 7.08. The van der Waals surface area contributed by atoms with Gasteiger partial charge in [0.15, 0.2) is 6.10 Å². The maximum atomic E-state index is 12.0. The Bertz CT molecular complexity index is 516. The zero-order chi connectivity index (χ0) is 16.5. The summed E-state index contributed by atoms with van der Waals surface area (Å²) >= 11 is 0. The van der Waals surface area contributed by atoms with Gasteiger partial charge in [0.05, 0.1) is 12.5 Å². The van der Waals surface area contributed by atoms with Crippen molar-refractivity contribution in [2.75, 3.05) is 6.54 Å². The van der Waals surface area contributed by atoms with Crippen molar-refractivity contribution in [3.05, 3.63) is 35.9 Å². The van der Waals surface area contributed by atoms with Gasteiger partial charge in [0.1, 0.15) is 0 Å². The van der Waals surface area contributed by atoms with Gasteiger partial charge >= 0.3 is 5.97 Å². The van der Waals surface area contributed by atoms with E-state index in [9.17, 15) is 14.4 Å². The van der Waals surface area contributed by atoms with Crippen LogP contribution in [0.25, 0.3) is 0 Å². The van der Waals surface area contributed by atoms with Crippen LogP contribution in [0.3, 0.4) is 0 Å². The molecule has 0 aromatic heterocycles. The van der Waals surface area contributed by atoms with Crippen molar-refractivity contribution in [2.45, 2.75) is 39.3 Å². The number of likely N-dealkylation sites (N-methyl/N-ethyl adjacent to an activating group) is 1. The summed E-state index contributed by atoms with van der Waals surface area (Å²) in [5, 5.41) is 5.30. The molecule has 0 saturated heterocycles. The van der Waals surface area contributed by atoms with Crippen LogP contribution in [-0.4, -0.2) is 30.4 Å². The minimum Gasteiger partial charge on any atom is -0.452 e. The molecule has 0 aliphatic heterocycles. The van der Waals surface area contributed by atoms with Gasteiger partial charge in [-0.3, -0.25) is 14.4 Å². The van der Waals surface area contributed by atoms with Crippen molar-refractivity contribution in [1.82, 2.24) is 10.6 Å². The molecule has 0 unspecified atom stereocenters. The second kappa shape index (κ2) is 8.81. The zero-order valence-electron chi connectivity index (χ0n) is 13.1. The highest BCUT2D eigenvalue weighted by Gasteiger charge is 2.22. The number of esters is 1. The van der Waals surface area contributed by atoms with Crippen LogP contribution in [0.2, 0.25) is 0 Å². The van der Waals surface area contributed by atoms with E-state index in [0.717, 1.165) is 5.56 Å². The summed E-state index contributed by atoms with van der Waals surface area (Å²) in [7, 11) is 0. The van der Waals surface area contributed by atoms with Crippen LogP contribution in [-0.2, 0) is 19.1 Å². The molecule has 0 bridgehead atoms. The Labute approximate surface area is 130 Å². The average molecular weight is 306 g/mol. The first-order chi connectivity index (χ1) is 10.4. The van der Waals surface area contributed by atoms with Gasteiger partial charge in [0.2, 0.25) is 5.91 Å². The molecule has 0 saturated carbocycles. The largest absolute Gasteiger partial charge is 0.452 e. The second-order valence-electron chi connectivity index (χ2n) is 4.89. The molecule has 1 aromatic rings. The van der Waals surface area contributed by atoms with Crippen LogP contribution >= 0.6 is 0 Å². The van der Waals surface area contributed by atoms with E-state index in [1.165, 1.54) is 13.8 Å². The fourth-order valence-electron chi connectivity index (χ4n) is 1.97. The summed E-state index contributed by atoms with van der Waals surface area (Å²) < 4.78 is 5.10. The predicted octanol–water partition coefficient (Wildman–Crippen LogP) is 1.32. The van der Waals surface area contributed by atoms with Crippen molar-refractivity contribution in [3.63, 3.8) is 0 Å². The summed E-state index contributed by atoms with van der Waals surface area (Å²) in [6.07, 6.45) is -0.894. The minimum absolute atomic E-state index is 0.0344. The number of carbonyl (C=O) groups excluding carboxylic acids is 3. The maximum Gasteiger partial charge on any atom is 0.309 e. The van der Waals surface area contributed by atoms with Crippen LogP contribution in [0.15, 0.2) is 30.3 Å². The molecule has 0 spiro atoms. The number of nitrogens with one attached hydrogen (secondary N) is 2. The quantitative estimate of drug-likeness (QED) is 0.744. The molecule has 120 valence electrons. The van der Waals surface area contributed by atoms with Crippen molar-refractivity contribution in [1.29, 1.82) is 0 Å². The molecule has 1 aromatic carbocycles. The fraction of sp³-hybridized carbons (Fsp3) is 0.438. The molecular weight excluding hydrogens is 284 g/mol. The fourth-order valence-corrected chi connectivity index (χ4v) is 1.97. The molecule has 6 heteroatoms. The van der Waals surface area contributed by atoms with Gasteiger partial charge < -0.3 is 15.4 Å². The number of ether oxygens (including phenoxy) is 1. The zero-order valence-corrected chi connectivity index (χ0v) is 13.1. The first-order valence-electron chi connectivity index (χ1n) is 7.23. The molecule has 22 heavy (non-hydrogen) atoms. The molecular formula is C16H22N2O4. The minimum atomic E-state index is -0.860. The highest BCUT2D eigenvalue weighted by Crippen LogP contribution is 2.17. The lowest BCUT2D eigenvalue weighted by Gasteiger charge is -2.19. The summed E-state index contributed by atoms with van der Waals surface area (Å²) in [5.41, 5.74) is 0.806. The summed E-state index contributed by atoms with van der Waals surface area (Å²) in [6.45, 7) is 5.16. The van der Waals surface area contributed by atoms with E-state index in [4.69, 9.17) is 4.74 Å². The van der Waals surface area contributed by atoms with Gasteiger partial charge in [0, 0.05) is 13.5 Å². The van der Waals surface area contributed by atoms with E-state index in [1.54, 1.807) is 6.92 Å². The number of rotatable bonds is 7. The SMILES string of the molecule is CCNC(=O)[C@@H](C)OC(=O)C[C@H](NC(C)=O)c1ccccc1. The van der Waals surface area contributed by atoms with Crippen molar-refractivity contribution in [3.8, 4) is 0 Å². The van der Waals surface area contributed by atoms with Gasteiger partial charge in [-0.05, 0) is 19.4 Å². The Morgan fingerprint density at radius 1 is 1.18 bits per heavy atom. The van der Waals surface area contributed by atoms with Crippen LogP contribution in [0.4, 0.5) is 0 Å². The number of carbonyl (C=O) groups is 3. The van der Waals surface area contributed by atoms with E-state index in [0.29, 0.717) is 6.54 Å². The predicted molar refractivity (Wildman–Crippen MR) is 81.9 cm³/mol. The lowest BCUT2D eigenvalue weighted by Crippen LogP contribution is -2.36. The molecule has 1 rings (SSSR count). The van der Waals surface area contributed by atoms with E-state index in [2.05, 4.69) is 10.6 Å². The smallest absolute Gasteiger partial charge is 0.309 e. The Morgan fingerprint density at radius 3 is 2.36 bits per heavy atom. The maximum absolute atomic E-state index is 12.0. The number of hydrogen-bond donors (Lipinski definition) is 2. The molecule has 0 heterocycles. The third-order valence-corrected chi connectivity index (χ3v) is 2.98. The average Bonchev–Trinajstić information content (AvgIpc) is 2.47. The monoisotopic (exact) mass is 306 g/mol. The van der Waals surface area contributed by atoms with Crippen LogP contribution in [0.1, 0.15) is 38.8 Å². The van der Waals surface area contributed by atoms with E-state index < -0.39 is 18.1 Å². The van der Waals surface area contributed by atoms with Crippen LogP contribution < -0.4 is 10.6 Å². The van der Waals surface area contributed by atoms with Crippen LogP contribution in [0, 0.1) is 0 Å². The number of amides is 2. The Balaban J connectivity index is 2.67. The lowest BCUT2D eigenvalue weighted by molar-refractivity contribution is -0.155. The van der Waals surface area contributed by atoms with Crippen LogP contribution in [0.5, 0.6) is 0 Å². The van der Waals surface area contributed by atoms with E-state index in [-0.39, 0.29) is 18.2 Å². The lowest BCUT2D eigenvalue weighted by atomic mass is 10.0. The summed E-state index contributed by atoms with van der Waals surface area (Å²) in [6, 6.07) is 8.67. The molecule has 6 nitrogen and oxygen atoms in total. The highest BCUT2D eigenvalue weighted by molar-refractivity contribution is 5.83. The van der Waals surface area contributed by atoms with E-state index in [1.807, 2.05) is 30.3 Å². The van der Waals surface area contributed by atoms with Gasteiger partial charge in [-0.2, -0.15) is 0 Å². The van der Waals surface area contributed by atoms with E-state index >= 15 is 0 Å². The van der Waals surface area contributed by atoms with Gasteiger partial charge in [0.25, 0.3) is 5.91 Å². The molecule has 0 radical (unpaired) electrons. The van der Waals surface area contributed by atoms with Crippen molar-refractivity contribution in [2.24, 2.45) is 0 Å². The normalized spacial score (nSPS) is 12.9. The highest BCUT2D eigenvalue weighted by atomic mass is 16.5. The van der Waals surface area contributed by atoms with Crippen molar-refractivity contribution >= 4 is 17.8 Å². The first kappa shape index (κ1) is 17.7. The molecule has 0 aliphatic carbocycles. The van der Waals surface area contributed by atoms with Gasteiger partial charge in [-0.15, -0.1) is 0 Å². The molecule has 2 amide bonds. The molecule has 2 N–H and O–H groups in total. The molecule has 2 atom stereocenters. The Hall–Kier alpha value is -2.37. The molecule has 0 fully saturated rings. The van der Waals surface area contributed by atoms with Gasteiger partial charge in [-0.1, -0.05) is 30.3 Å². The standard InChI is InChI=1S/C16H22N2O4/c1-4-17-16(21)11(2)22-15(20)10-14(18-12(3)19)13-8-6-5-7-9-13/h5-9,11,14H,4,10H2,1-3H3,(H,17,21)(H,18,19)/t11-,14+/m1/s1.